The van der Waals surface area contributed by atoms with E-state index in [9.17, 15) is 4.79 Å². The average Bonchev–Trinajstić information content (AvgIpc) is 2.80. The van der Waals surface area contributed by atoms with Crippen LogP contribution in [-0.4, -0.2) is 37.0 Å². The summed E-state index contributed by atoms with van der Waals surface area (Å²) in [6.07, 6.45) is 2.72. The summed E-state index contributed by atoms with van der Waals surface area (Å²) in [5.41, 5.74) is 1.91. The molecule has 7 heteroatoms. The molecular weight excluding hydrogens is 384 g/mol. The maximum atomic E-state index is 12.7. The number of pyridine rings is 1. The Bertz CT molecular complexity index is 865. The Morgan fingerprint density at radius 1 is 0.833 bits per heavy atom. The van der Waals surface area contributed by atoms with Gasteiger partial charge >= 0.3 is 6.09 Å². The second-order valence-electron chi connectivity index (χ2n) is 6.41. The number of hydrogen-bond acceptors (Lipinski definition) is 6. The Labute approximate surface area is 175 Å². The number of carbonyl (C=O) groups is 1. The summed E-state index contributed by atoms with van der Waals surface area (Å²) in [6, 6.07) is 18.6. The lowest BCUT2D eigenvalue weighted by atomic mass is 10.1. The van der Waals surface area contributed by atoms with Crippen LogP contribution < -0.4 is 14.2 Å². The highest BCUT2D eigenvalue weighted by molar-refractivity contribution is 5.67. The highest BCUT2D eigenvalue weighted by atomic mass is 16.7. The standard InChI is InChI=1S/C23H24N2O5/c1-27-20-9-5-18(6-10-20)15-25(16-19-7-11-21(28-2)12-8-19)23(26)30-17-29-22-4-3-13-24-14-22/h3-14H,15-17H2,1-2H3. The first-order valence-electron chi connectivity index (χ1n) is 9.38. The number of rotatable bonds is 9. The number of methoxy groups -OCH3 is 2. The third-order valence-corrected chi connectivity index (χ3v) is 4.37. The molecule has 0 fully saturated rings. The van der Waals surface area contributed by atoms with Crippen molar-refractivity contribution in [1.29, 1.82) is 0 Å². The molecule has 0 aliphatic heterocycles. The topological polar surface area (TPSA) is 70.1 Å². The molecule has 156 valence electrons. The number of benzene rings is 2. The number of hydrogen-bond donors (Lipinski definition) is 0. The summed E-state index contributed by atoms with van der Waals surface area (Å²) in [5.74, 6) is 2.04. The third-order valence-electron chi connectivity index (χ3n) is 4.37. The van der Waals surface area contributed by atoms with E-state index in [1.165, 1.54) is 0 Å². The van der Waals surface area contributed by atoms with Crippen LogP contribution in [0.1, 0.15) is 11.1 Å². The van der Waals surface area contributed by atoms with E-state index in [0.29, 0.717) is 18.8 Å². The number of ether oxygens (including phenoxy) is 4. The van der Waals surface area contributed by atoms with Gasteiger partial charge in [0.15, 0.2) is 0 Å². The molecule has 0 radical (unpaired) electrons. The van der Waals surface area contributed by atoms with Gasteiger partial charge in [0.25, 0.3) is 0 Å². The van der Waals surface area contributed by atoms with E-state index in [-0.39, 0.29) is 6.79 Å². The molecule has 0 saturated heterocycles. The molecule has 1 amide bonds. The van der Waals surface area contributed by atoms with E-state index in [1.54, 1.807) is 43.6 Å². The lowest BCUT2D eigenvalue weighted by Gasteiger charge is -2.22. The van der Waals surface area contributed by atoms with Crippen LogP contribution in [0, 0.1) is 0 Å². The molecule has 0 N–H and O–H groups in total. The van der Waals surface area contributed by atoms with Gasteiger partial charge in [0.1, 0.15) is 17.2 Å². The average molecular weight is 408 g/mol. The Morgan fingerprint density at radius 2 is 1.40 bits per heavy atom. The quantitative estimate of drug-likeness (QED) is 0.493. The molecule has 0 atom stereocenters. The highest BCUT2D eigenvalue weighted by Crippen LogP contribution is 2.18. The molecule has 1 heterocycles. The third kappa shape index (κ3) is 6.13. The van der Waals surface area contributed by atoms with Crippen LogP contribution >= 0.6 is 0 Å². The summed E-state index contributed by atoms with van der Waals surface area (Å²) in [4.78, 5) is 18.3. The van der Waals surface area contributed by atoms with E-state index in [2.05, 4.69) is 4.98 Å². The van der Waals surface area contributed by atoms with E-state index in [1.807, 2.05) is 48.5 Å². The SMILES string of the molecule is COc1ccc(CN(Cc2ccc(OC)cc2)C(=O)OCOc2cccnc2)cc1. The van der Waals surface area contributed by atoms with Gasteiger partial charge in [-0.05, 0) is 47.5 Å². The van der Waals surface area contributed by atoms with Crippen LogP contribution in [0.2, 0.25) is 0 Å². The summed E-state index contributed by atoms with van der Waals surface area (Å²) >= 11 is 0. The molecule has 7 nitrogen and oxygen atoms in total. The lowest BCUT2D eigenvalue weighted by molar-refractivity contribution is 0.0316. The van der Waals surface area contributed by atoms with Crippen molar-refractivity contribution >= 4 is 6.09 Å². The van der Waals surface area contributed by atoms with Crippen molar-refractivity contribution in [2.24, 2.45) is 0 Å². The summed E-state index contributed by atoms with van der Waals surface area (Å²) in [5, 5.41) is 0. The van der Waals surface area contributed by atoms with Crippen LogP contribution in [0.15, 0.2) is 73.1 Å². The zero-order valence-electron chi connectivity index (χ0n) is 17.0. The van der Waals surface area contributed by atoms with Gasteiger partial charge in [-0.1, -0.05) is 24.3 Å². The molecule has 0 saturated carbocycles. The molecule has 3 aromatic rings. The molecule has 2 aromatic carbocycles. The zero-order chi connectivity index (χ0) is 21.2. The molecule has 0 aliphatic carbocycles. The van der Waals surface area contributed by atoms with E-state index in [4.69, 9.17) is 18.9 Å². The van der Waals surface area contributed by atoms with Crippen molar-refractivity contribution in [3.05, 3.63) is 84.2 Å². The molecular formula is C23H24N2O5. The van der Waals surface area contributed by atoms with Gasteiger partial charge < -0.3 is 18.9 Å². The fourth-order valence-electron chi connectivity index (χ4n) is 2.76. The predicted molar refractivity (Wildman–Crippen MR) is 111 cm³/mol. The summed E-state index contributed by atoms with van der Waals surface area (Å²) in [6.45, 7) is 0.551. The Balaban J connectivity index is 1.66. The predicted octanol–water partition coefficient (Wildman–Crippen LogP) is 4.27. The highest BCUT2D eigenvalue weighted by Gasteiger charge is 2.17. The second kappa shape index (κ2) is 10.7. The van der Waals surface area contributed by atoms with Gasteiger partial charge in [-0.2, -0.15) is 0 Å². The first-order valence-corrected chi connectivity index (χ1v) is 9.38. The molecule has 1 aromatic heterocycles. The van der Waals surface area contributed by atoms with Crippen LogP contribution in [0.25, 0.3) is 0 Å². The molecule has 0 spiro atoms. The van der Waals surface area contributed by atoms with Crippen LogP contribution in [0.5, 0.6) is 17.2 Å². The zero-order valence-corrected chi connectivity index (χ0v) is 17.0. The molecule has 0 aliphatic rings. The Hall–Kier alpha value is -3.74. The van der Waals surface area contributed by atoms with Gasteiger partial charge in [-0.15, -0.1) is 0 Å². The van der Waals surface area contributed by atoms with Gasteiger partial charge in [0.2, 0.25) is 6.79 Å². The lowest BCUT2D eigenvalue weighted by Crippen LogP contribution is -2.31. The van der Waals surface area contributed by atoms with E-state index < -0.39 is 6.09 Å². The van der Waals surface area contributed by atoms with Crippen LogP contribution in [0.4, 0.5) is 4.79 Å². The fraction of sp³-hybridized carbons (Fsp3) is 0.217. The first kappa shape index (κ1) is 21.0. The Morgan fingerprint density at radius 3 is 1.87 bits per heavy atom. The van der Waals surface area contributed by atoms with Crippen molar-refractivity contribution in [1.82, 2.24) is 9.88 Å². The normalized spacial score (nSPS) is 10.2. The van der Waals surface area contributed by atoms with E-state index in [0.717, 1.165) is 22.6 Å². The smallest absolute Gasteiger partial charge is 0.413 e. The van der Waals surface area contributed by atoms with Gasteiger partial charge in [-0.3, -0.25) is 9.88 Å². The molecule has 30 heavy (non-hydrogen) atoms. The summed E-state index contributed by atoms with van der Waals surface area (Å²) in [7, 11) is 3.23. The number of carbonyl (C=O) groups excluding carboxylic acids is 1. The van der Waals surface area contributed by atoms with Gasteiger partial charge in [0, 0.05) is 19.3 Å². The largest absolute Gasteiger partial charge is 0.497 e. The number of nitrogens with zero attached hydrogens (tertiary/aromatic N) is 2. The maximum absolute atomic E-state index is 12.7. The van der Waals surface area contributed by atoms with E-state index >= 15 is 0 Å². The first-order chi connectivity index (χ1) is 14.7. The Kier molecular flexibility index (Phi) is 7.49. The van der Waals surface area contributed by atoms with Gasteiger partial charge in [0.05, 0.1) is 20.4 Å². The fourth-order valence-corrected chi connectivity index (χ4v) is 2.76. The molecule has 0 bridgehead atoms. The minimum absolute atomic E-state index is 0.202. The second-order valence-corrected chi connectivity index (χ2v) is 6.41. The molecule has 0 unspecified atom stereocenters. The minimum atomic E-state index is -0.481. The molecule has 3 rings (SSSR count). The van der Waals surface area contributed by atoms with Crippen LogP contribution in [0.3, 0.4) is 0 Å². The maximum Gasteiger partial charge on any atom is 0.413 e. The van der Waals surface area contributed by atoms with Crippen LogP contribution in [-0.2, 0) is 17.8 Å². The monoisotopic (exact) mass is 408 g/mol. The number of amides is 1. The van der Waals surface area contributed by atoms with Crippen molar-refractivity contribution in [3.8, 4) is 17.2 Å². The van der Waals surface area contributed by atoms with Gasteiger partial charge in [-0.25, -0.2) is 4.79 Å². The minimum Gasteiger partial charge on any atom is -0.497 e. The van der Waals surface area contributed by atoms with Crippen molar-refractivity contribution < 1.29 is 23.7 Å². The van der Waals surface area contributed by atoms with Crippen molar-refractivity contribution in [2.45, 2.75) is 13.1 Å². The van der Waals surface area contributed by atoms with Crippen molar-refractivity contribution in [3.63, 3.8) is 0 Å². The number of aromatic nitrogens is 1. The summed E-state index contributed by atoms with van der Waals surface area (Å²) < 4.78 is 21.1. The van der Waals surface area contributed by atoms with Crippen molar-refractivity contribution in [2.75, 3.05) is 21.0 Å².